The Kier molecular flexibility index (Phi) is 7.44. The average Bonchev–Trinajstić information content (AvgIpc) is 2.83. The Morgan fingerprint density at radius 2 is 1.87 bits per heavy atom. The first-order chi connectivity index (χ1) is 17.8. The van der Waals surface area contributed by atoms with Gasteiger partial charge in [0.15, 0.2) is 0 Å². The fraction of sp³-hybridized carbons (Fsp3) is 0.192. The number of carboxylic acids is 1. The molecule has 0 saturated carbocycles. The van der Waals surface area contributed by atoms with Crippen LogP contribution in [0.25, 0.3) is 11.6 Å². The van der Waals surface area contributed by atoms with Crippen molar-refractivity contribution in [1.82, 2.24) is 0 Å². The maximum atomic E-state index is 14.4. The summed E-state index contributed by atoms with van der Waals surface area (Å²) in [7, 11) is -4.58. The Labute approximate surface area is 220 Å². The van der Waals surface area contributed by atoms with Crippen molar-refractivity contribution in [3.63, 3.8) is 0 Å². The summed E-state index contributed by atoms with van der Waals surface area (Å²) >= 11 is 6.14. The number of alkyl halides is 3. The van der Waals surface area contributed by atoms with Gasteiger partial charge in [0.1, 0.15) is 17.7 Å². The van der Waals surface area contributed by atoms with Gasteiger partial charge in [-0.2, -0.15) is 13.2 Å². The van der Waals surface area contributed by atoms with Gasteiger partial charge in [-0.1, -0.05) is 35.9 Å². The minimum Gasteiger partial charge on any atom is -0.486 e. The molecule has 3 aromatic carbocycles. The molecule has 0 radical (unpaired) electrons. The maximum Gasteiger partial charge on any atom is 0.416 e. The van der Waals surface area contributed by atoms with Crippen LogP contribution in [0.15, 0.2) is 65.6 Å². The van der Waals surface area contributed by atoms with Crippen LogP contribution in [0.2, 0.25) is 5.02 Å². The van der Waals surface area contributed by atoms with E-state index in [2.05, 4.69) is 0 Å². The molecule has 1 N–H and O–H groups in total. The molecular formula is C26H20ClF4NO5S. The minimum atomic E-state index is -4.77. The number of halogens is 5. The van der Waals surface area contributed by atoms with Crippen LogP contribution in [-0.2, 0) is 21.0 Å². The summed E-state index contributed by atoms with van der Waals surface area (Å²) in [5, 5.41) is 9.39. The predicted octanol–water partition coefficient (Wildman–Crippen LogP) is 6.49. The molecule has 6 nitrogen and oxygen atoms in total. The molecule has 0 unspecified atom stereocenters. The van der Waals surface area contributed by atoms with E-state index in [-0.39, 0.29) is 22.0 Å². The third-order valence-corrected chi connectivity index (χ3v) is 7.90. The van der Waals surface area contributed by atoms with E-state index in [1.165, 1.54) is 30.3 Å². The van der Waals surface area contributed by atoms with Crippen molar-refractivity contribution in [3.05, 3.63) is 88.2 Å². The normalized spacial score (nSPS) is 16.1. The molecule has 1 aliphatic heterocycles. The number of aliphatic carboxylic acids is 1. The number of benzene rings is 3. The number of sulfonamides is 1. The number of fused-ring (bicyclic) bond motifs is 1. The molecule has 0 bridgehead atoms. The Balaban J connectivity index is 1.82. The van der Waals surface area contributed by atoms with Crippen LogP contribution in [0.5, 0.6) is 5.75 Å². The van der Waals surface area contributed by atoms with Crippen molar-refractivity contribution in [2.24, 2.45) is 0 Å². The van der Waals surface area contributed by atoms with Crippen molar-refractivity contribution in [2.45, 2.75) is 30.5 Å². The molecule has 0 aromatic heterocycles. The summed E-state index contributed by atoms with van der Waals surface area (Å²) in [6.45, 7) is 1.16. The first-order valence-corrected chi connectivity index (χ1v) is 12.9. The van der Waals surface area contributed by atoms with Crippen LogP contribution in [-0.4, -0.2) is 32.1 Å². The number of carboxylic acid groups (broad SMARTS) is 1. The van der Waals surface area contributed by atoms with E-state index < -0.39 is 57.5 Å². The van der Waals surface area contributed by atoms with Gasteiger partial charge in [0.05, 0.1) is 34.1 Å². The minimum absolute atomic E-state index is 0.00905. The fourth-order valence-electron chi connectivity index (χ4n) is 4.10. The molecule has 12 heteroatoms. The van der Waals surface area contributed by atoms with E-state index in [4.69, 9.17) is 16.3 Å². The van der Waals surface area contributed by atoms with Gasteiger partial charge in [-0.15, -0.1) is 0 Å². The average molecular weight is 570 g/mol. The van der Waals surface area contributed by atoms with Crippen LogP contribution in [0.3, 0.4) is 0 Å². The summed E-state index contributed by atoms with van der Waals surface area (Å²) in [4.78, 5) is 10.7. The standard InChI is InChI=1S/C26H20ClF4NO5S/c1-15(25-20(27)6-3-7-21(25)28)10-16-8-9-23-22(11-16)32(14-18(37-23)13-24(33)34)38(35,36)19-5-2-4-17(12-19)26(29,30)31/h2-12,18H,13-14H2,1H3,(H,33,34)/b15-10+/t18-/m0/s1. The van der Waals surface area contributed by atoms with E-state index in [9.17, 15) is 35.9 Å². The molecule has 1 heterocycles. The number of rotatable bonds is 6. The molecule has 1 aliphatic rings. The molecule has 0 amide bonds. The highest BCUT2D eigenvalue weighted by atomic mass is 35.5. The summed E-state index contributed by atoms with van der Waals surface area (Å²) < 4.78 is 87.9. The maximum absolute atomic E-state index is 14.4. The number of nitrogens with zero attached hydrogens (tertiary/aromatic N) is 1. The monoisotopic (exact) mass is 569 g/mol. The Bertz CT molecular complexity index is 1520. The highest BCUT2D eigenvalue weighted by molar-refractivity contribution is 7.92. The highest BCUT2D eigenvalue weighted by Crippen LogP contribution is 2.40. The van der Waals surface area contributed by atoms with Gasteiger partial charge in [0.2, 0.25) is 0 Å². The molecule has 3 aromatic rings. The van der Waals surface area contributed by atoms with Crippen LogP contribution in [0, 0.1) is 5.82 Å². The summed E-state index contributed by atoms with van der Waals surface area (Å²) in [5.74, 6) is -1.78. The molecule has 4 rings (SSSR count). The number of ether oxygens (including phenoxy) is 1. The first-order valence-electron chi connectivity index (χ1n) is 11.1. The van der Waals surface area contributed by atoms with E-state index in [0.717, 1.165) is 22.5 Å². The topological polar surface area (TPSA) is 83.9 Å². The zero-order chi connectivity index (χ0) is 27.8. The lowest BCUT2D eigenvalue weighted by atomic mass is 10.0. The van der Waals surface area contributed by atoms with Crippen molar-refractivity contribution >= 4 is 44.9 Å². The van der Waals surface area contributed by atoms with E-state index in [0.29, 0.717) is 17.2 Å². The van der Waals surface area contributed by atoms with E-state index in [1.54, 1.807) is 19.1 Å². The molecule has 38 heavy (non-hydrogen) atoms. The Hall–Kier alpha value is -3.57. The van der Waals surface area contributed by atoms with Crippen LogP contribution >= 0.6 is 11.6 Å². The van der Waals surface area contributed by atoms with Gasteiger partial charge in [-0.3, -0.25) is 9.10 Å². The smallest absolute Gasteiger partial charge is 0.416 e. The number of hydrogen-bond donors (Lipinski definition) is 1. The van der Waals surface area contributed by atoms with Gasteiger partial charge in [0, 0.05) is 5.56 Å². The molecule has 0 aliphatic carbocycles. The van der Waals surface area contributed by atoms with Gasteiger partial charge in [-0.05, 0) is 60.5 Å². The molecule has 1 atom stereocenters. The number of allylic oxidation sites excluding steroid dienone is 1. The second-order valence-electron chi connectivity index (χ2n) is 8.55. The number of carbonyl (C=O) groups is 1. The summed E-state index contributed by atoms with van der Waals surface area (Å²) in [6, 6.07) is 11.9. The largest absolute Gasteiger partial charge is 0.486 e. The van der Waals surface area contributed by atoms with Crippen LogP contribution in [0.4, 0.5) is 23.2 Å². The van der Waals surface area contributed by atoms with Crippen molar-refractivity contribution in [3.8, 4) is 5.75 Å². The molecule has 0 saturated heterocycles. The SMILES string of the molecule is C/C(=C\c1ccc2c(c1)N(S(=O)(=O)c1cccc(C(F)(F)F)c1)C[C@H](CC(=O)O)O2)c1c(F)cccc1Cl. The van der Waals surface area contributed by atoms with Gasteiger partial charge >= 0.3 is 12.1 Å². The summed E-state index contributed by atoms with van der Waals surface area (Å²) in [6.07, 6.45) is -4.85. The molecule has 0 spiro atoms. The quantitative estimate of drug-likeness (QED) is 0.271. The Morgan fingerprint density at radius 3 is 2.53 bits per heavy atom. The van der Waals surface area contributed by atoms with Crippen molar-refractivity contribution in [2.75, 3.05) is 10.8 Å². The summed E-state index contributed by atoms with van der Waals surface area (Å²) in [5.41, 5.74) is -0.155. The van der Waals surface area contributed by atoms with Gasteiger partial charge < -0.3 is 9.84 Å². The van der Waals surface area contributed by atoms with E-state index in [1.807, 2.05) is 0 Å². The Morgan fingerprint density at radius 1 is 1.16 bits per heavy atom. The third kappa shape index (κ3) is 5.63. The van der Waals surface area contributed by atoms with E-state index >= 15 is 0 Å². The van der Waals surface area contributed by atoms with Gasteiger partial charge in [0.25, 0.3) is 10.0 Å². The lowest BCUT2D eigenvalue weighted by Crippen LogP contribution is -2.44. The molecule has 200 valence electrons. The lowest BCUT2D eigenvalue weighted by Gasteiger charge is -2.35. The molecule has 0 fully saturated rings. The third-order valence-electron chi connectivity index (χ3n) is 5.81. The molecular weight excluding hydrogens is 550 g/mol. The fourth-order valence-corrected chi connectivity index (χ4v) is 5.96. The zero-order valence-corrected chi connectivity index (χ0v) is 21.2. The highest BCUT2D eigenvalue weighted by Gasteiger charge is 2.37. The lowest BCUT2D eigenvalue weighted by molar-refractivity contribution is -0.139. The zero-order valence-electron chi connectivity index (χ0n) is 19.7. The predicted molar refractivity (Wildman–Crippen MR) is 134 cm³/mol. The number of hydrogen-bond acceptors (Lipinski definition) is 4. The van der Waals surface area contributed by atoms with Crippen LogP contribution < -0.4 is 9.04 Å². The van der Waals surface area contributed by atoms with Crippen molar-refractivity contribution < 1.29 is 40.6 Å². The van der Waals surface area contributed by atoms with Crippen LogP contribution in [0.1, 0.15) is 30.0 Å². The number of anilines is 1. The van der Waals surface area contributed by atoms with Crippen molar-refractivity contribution in [1.29, 1.82) is 0 Å². The second-order valence-corrected chi connectivity index (χ2v) is 10.8. The first kappa shape index (κ1) is 27.5. The van der Waals surface area contributed by atoms with Gasteiger partial charge in [-0.25, -0.2) is 12.8 Å². The second kappa shape index (κ2) is 10.3.